The second kappa shape index (κ2) is 3.49. The number of amides is 2. The summed E-state index contributed by atoms with van der Waals surface area (Å²) in [5.41, 5.74) is 3.85. The summed E-state index contributed by atoms with van der Waals surface area (Å²) in [5, 5.41) is 2.69. The van der Waals surface area contributed by atoms with E-state index in [4.69, 9.17) is 5.73 Å². The molecule has 0 unspecified atom stereocenters. The second-order valence-electron chi connectivity index (χ2n) is 3.82. The SMILES string of the molecule is CC(C)NC(=O)N1CC(F)(CN)C1. The molecule has 4 nitrogen and oxygen atoms in total. The van der Waals surface area contributed by atoms with E-state index < -0.39 is 5.67 Å². The van der Waals surface area contributed by atoms with E-state index in [1.807, 2.05) is 13.8 Å². The minimum Gasteiger partial charge on any atom is -0.336 e. The Balaban J connectivity index is 2.31. The van der Waals surface area contributed by atoms with Crippen LogP contribution in [0, 0.1) is 0 Å². The summed E-state index contributed by atoms with van der Waals surface area (Å²) >= 11 is 0. The van der Waals surface area contributed by atoms with E-state index in [9.17, 15) is 9.18 Å². The minimum absolute atomic E-state index is 0.0154. The Kier molecular flexibility index (Phi) is 2.75. The van der Waals surface area contributed by atoms with Crippen LogP contribution < -0.4 is 11.1 Å². The van der Waals surface area contributed by atoms with Crippen molar-refractivity contribution in [1.29, 1.82) is 0 Å². The number of carbonyl (C=O) groups excluding carboxylic acids is 1. The zero-order valence-electron chi connectivity index (χ0n) is 8.01. The van der Waals surface area contributed by atoms with Crippen molar-refractivity contribution in [2.45, 2.75) is 25.6 Å². The number of hydrogen-bond acceptors (Lipinski definition) is 2. The Morgan fingerprint density at radius 3 is 2.62 bits per heavy atom. The van der Waals surface area contributed by atoms with Crippen LogP contribution in [0.5, 0.6) is 0 Å². The van der Waals surface area contributed by atoms with Gasteiger partial charge in [-0.3, -0.25) is 0 Å². The maximum Gasteiger partial charge on any atom is 0.317 e. The lowest BCUT2D eigenvalue weighted by molar-refractivity contribution is 0.00179. The average molecular weight is 189 g/mol. The van der Waals surface area contributed by atoms with E-state index in [0.717, 1.165) is 0 Å². The lowest BCUT2D eigenvalue weighted by Crippen LogP contribution is -2.66. The van der Waals surface area contributed by atoms with Crippen molar-refractivity contribution >= 4 is 6.03 Å². The number of nitrogens with one attached hydrogen (secondary N) is 1. The molecule has 1 rings (SSSR count). The lowest BCUT2D eigenvalue weighted by atomic mass is 9.97. The molecule has 0 saturated carbocycles. The zero-order chi connectivity index (χ0) is 10.1. The molecular weight excluding hydrogens is 173 g/mol. The topological polar surface area (TPSA) is 58.4 Å². The average Bonchev–Trinajstić information content (AvgIpc) is 1.97. The van der Waals surface area contributed by atoms with Crippen LogP contribution in [0.4, 0.5) is 9.18 Å². The number of rotatable bonds is 2. The van der Waals surface area contributed by atoms with Crippen LogP contribution in [0.25, 0.3) is 0 Å². The van der Waals surface area contributed by atoms with Gasteiger partial charge in [-0.25, -0.2) is 9.18 Å². The third kappa shape index (κ3) is 2.30. The van der Waals surface area contributed by atoms with Crippen molar-refractivity contribution < 1.29 is 9.18 Å². The van der Waals surface area contributed by atoms with Crippen LogP contribution >= 0.6 is 0 Å². The van der Waals surface area contributed by atoms with Gasteiger partial charge in [-0.05, 0) is 13.8 Å². The van der Waals surface area contributed by atoms with Gasteiger partial charge >= 0.3 is 6.03 Å². The number of likely N-dealkylation sites (tertiary alicyclic amines) is 1. The van der Waals surface area contributed by atoms with Crippen molar-refractivity contribution in [2.75, 3.05) is 19.6 Å². The molecule has 1 aliphatic rings. The third-order valence-corrected chi connectivity index (χ3v) is 2.01. The monoisotopic (exact) mass is 189 g/mol. The van der Waals surface area contributed by atoms with Gasteiger partial charge in [-0.1, -0.05) is 0 Å². The smallest absolute Gasteiger partial charge is 0.317 e. The van der Waals surface area contributed by atoms with Crippen LogP contribution in [0.15, 0.2) is 0 Å². The molecule has 0 radical (unpaired) electrons. The third-order valence-electron chi connectivity index (χ3n) is 2.01. The molecule has 5 heteroatoms. The molecule has 1 fully saturated rings. The molecule has 3 N–H and O–H groups in total. The summed E-state index contributed by atoms with van der Waals surface area (Å²) in [6.07, 6.45) is 0. The quantitative estimate of drug-likeness (QED) is 0.646. The highest BCUT2D eigenvalue weighted by atomic mass is 19.1. The number of halogens is 1. The van der Waals surface area contributed by atoms with Gasteiger partial charge in [-0.2, -0.15) is 0 Å². The van der Waals surface area contributed by atoms with E-state index in [1.54, 1.807) is 0 Å². The van der Waals surface area contributed by atoms with Crippen molar-refractivity contribution in [3.05, 3.63) is 0 Å². The van der Waals surface area contributed by atoms with Gasteiger partial charge in [-0.15, -0.1) is 0 Å². The molecule has 0 spiro atoms. The highest BCUT2D eigenvalue weighted by molar-refractivity contribution is 5.75. The summed E-state index contributed by atoms with van der Waals surface area (Å²) in [6, 6.07) is -0.128. The van der Waals surface area contributed by atoms with Crippen molar-refractivity contribution in [3.63, 3.8) is 0 Å². The fourth-order valence-electron chi connectivity index (χ4n) is 1.25. The first kappa shape index (κ1) is 10.2. The molecular formula is C8H16FN3O. The van der Waals surface area contributed by atoms with Gasteiger partial charge in [0.1, 0.15) is 0 Å². The van der Waals surface area contributed by atoms with Crippen molar-refractivity contribution in [1.82, 2.24) is 10.2 Å². The molecule has 0 aromatic rings. The van der Waals surface area contributed by atoms with E-state index in [0.29, 0.717) is 0 Å². The summed E-state index contributed by atoms with van der Waals surface area (Å²) in [6.45, 7) is 3.94. The van der Waals surface area contributed by atoms with Crippen molar-refractivity contribution in [3.8, 4) is 0 Å². The normalized spacial score (nSPS) is 19.9. The Bertz CT molecular complexity index is 202. The van der Waals surface area contributed by atoms with Crippen LogP contribution in [0.2, 0.25) is 0 Å². The molecule has 0 bridgehead atoms. The Labute approximate surface area is 77.3 Å². The molecule has 13 heavy (non-hydrogen) atoms. The zero-order valence-corrected chi connectivity index (χ0v) is 8.01. The van der Waals surface area contributed by atoms with E-state index >= 15 is 0 Å². The summed E-state index contributed by atoms with van der Waals surface area (Å²) in [4.78, 5) is 12.7. The maximum atomic E-state index is 13.2. The molecule has 2 amide bonds. The van der Waals surface area contributed by atoms with Crippen LogP contribution in [0.3, 0.4) is 0 Å². The van der Waals surface area contributed by atoms with E-state index in [1.165, 1.54) is 4.90 Å². The number of carbonyl (C=O) groups is 1. The predicted octanol–water partition coefficient (Wildman–Crippen LogP) is 0.0870. The van der Waals surface area contributed by atoms with Gasteiger partial charge < -0.3 is 16.0 Å². The van der Waals surface area contributed by atoms with Crippen LogP contribution in [-0.4, -0.2) is 42.3 Å². The fourth-order valence-corrected chi connectivity index (χ4v) is 1.25. The van der Waals surface area contributed by atoms with Gasteiger partial charge in [0.25, 0.3) is 0 Å². The second-order valence-corrected chi connectivity index (χ2v) is 3.82. The summed E-state index contributed by atoms with van der Waals surface area (Å²) in [7, 11) is 0. The Morgan fingerprint density at radius 1 is 1.69 bits per heavy atom. The number of alkyl halides is 1. The molecule has 0 aliphatic carbocycles. The Morgan fingerprint density at radius 2 is 2.23 bits per heavy atom. The first-order valence-corrected chi connectivity index (χ1v) is 4.41. The highest BCUT2D eigenvalue weighted by Gasteiger charge is 2.44. The maximum absolute atomic E-state index is 13.2. The largest absolute Gasteiger partial charge is 0.336 e. The van der Waals surface area contributed by atoms with Gasteiger partial charge in [0, 0.05) is 12.6 Å². The Hall–Kier alpha value is -0.840. The summed E-state index contributed by atoms with van der Waals surface area (Å²) in [5.74, 6) is 0. The molecule has 0 aromatic carbocycles. The number of urea groups is 1. The molecule has 76 valence electrons. The number of nitrogens with two attached hydrogens (primary N) is 1. The van der Waals surface area contributed by atoms with Crippen LogP contribution in [0.1, 0.15) is 13.8 Å². The highest BCUT2D eigenvalue weighted by Crippen LogP contribution is 2.23. The first-order chi connectivity index (χ1) is 5.97. The molecule has 0 aromatic heterocycles. The van der Waals surface area contributed by atoms with E-state index in [-0.39, 0.29) is 31.7 Å². The number of hydrogen-bond donors (Lipinski definition) is 2. The molecule has 1 aliphatic heterocycles. The number of nitrogens with zero attached hydrogens (tertiary/aromatic N) is 1. The first-order valence-electron chi connectivity index (χ1n) is 4.41. The van der Waals surface area contributed by atoms with Gasteiger partial charge in [0.05, 0.1) is 13.1 Å². The van der Waals surface area contributed by atoms with Crippen LogP contribution in [-0.2, 0) is 0 Å². The van der Waals surface area contributed by atoms with Gasteiger partial charge in [0.2, 0.25) is 0 Å². The molecule has 1 heterocycles. The lowest BCUT2D eigenvalue weighted by Gasteiger charge is -2.43. The molecule has 1 saturated heterocycles. The minimum atomic E-state index is -1.35. The van der Waals surface area contributed by atoms with E-state index in [2.05, 4.69) is 5.32 Å². The predicted molar refractivity (Wildman–Crippen MR) is 48.1 cm³/mol. The van der Waals surface area contributed by atoms with Gasteiger partial charge in [0.15, 0.2) is 5.67 Å². The van der Waals surface area contributed by atoms with Crippen molar-refractivity contribution in [2.24, 2.45) is 5.73 Å². The molecule has 0 atom stereocenters. The standard InChI is InChI=1S/C8H16FN3O/c1-6(2)11-7(13)12-4-8(9,3-10)5-12/h6H,3-5,10H2,1-2H3,(H,11,13). The summed E-state index contributed by atoms with van der Waals surface area (Å²) < 4.78 is 13.2. The fraction of sp³-hybridized carbons (Fsp3) is 0.875.